The second-order valence-electron chi connectivity index (χ2n) is 3.46. The maximum absolute atomic E-state index is 2.43. The quantitative estimate of drug-likeness (QED) is 0.511. The molecule has 0 aliphatic carbocycles. The summed E-state index contributed by atoms with van der Waals surface area (Å²) in [7, 11) is 0. The molecular formula is C11H14I2. The third-order valence-corrected chi connectivity index (χ3v) is 3.83. The number of halogens is 2. The van der Waals surface area contributed by atoms with E-state index in [-0.39, 0.29) is 0 Å². The van der Waals surface area contributed by atoms with Gasteiger partial charge < -0.3 is 0 Å². The zero-order chi connectivity index (χ0) is 9.84. The lowest BCUT2D eigenvalue weighted by molar-refractivity contribution is 0.854. The Kier molecular flexibility index (Phi) is 5.00. The van der Waals surface area contributed by atoms with Crippen LogP contribution in [0, 0.1) is 0 Å². The zero-order valence-electron chi connectivity index (χ0n) is 7.98. The highest BCUT2D eigenvalue weighted by atomic mass is 127. The van der Waals surface area contributed by atoms with Gasteiger partial charge in [-0.15, -0.1) is 0 Å². The van der Waals surface area contributed by atoms with Crippen LogP contribution in [0.5, 0.6) is 0 Å². The van der Waals surface area contributed by atoms with Crippen molar-refractivity contribution in [2.45, 2.75) is 28.6 Å². The Bertz CT molecular complexity index is 279. The number of rotatable bonds is 3. The second kappa shape index (κ2) is 5.53. The van der Waals surface area contributed by atoms with Gasteiger partial charge in [0, 0.05) is 8.86 Å². The van der Waals surface area contributed by atoms with Crippen LogP contribution in [-0.4, -0.2) is 0 Å². The highest BCUT2D eigenvalue weighted by Crippen LogP contribution is 2.24. The van der Waals surface area contributed by atoms with Crippen molar-refractivity contribution in [3.63, 3.8) is 0 Å². The summed E-state index contributed by atoms with van der Waals surface area (Å²) in [6, 6.07) is 6.87. The van der Waals surface area contributed by atoms with Gasteiger partial charge in [0.25, 0.3) is 0 Å². The van der Waals surface area contributed by atoms with E-state index in [1.807, 2.05) is 0 Å². The van der Waals surface area contributed by atoms with Gasteiger partial charge in [0.1, 0.15) is 0 Å². The molecule has 0 aliphatic rings. The van der Waals surface area contributed by atoms with Gasteiger partial charge in [-0.1, -0.05) is 77.2 Å². The van der Waals surface area contributed by atoms with Gasteiger partial charge in [0.15, 0.2) is 0 Å². The molecule has 0 heterocycles. The lowest BCUT2D eigenvalue weighted by Gasteiger charge is -2.12. The summed E-state index contributed by atoms with van der Waals surface area (Å²) in [6.45, 7) is 4.53. The molecule has 1 aromatic carbocycles. The maximum atomic E-state index is 2.43. The molecule has 0 atom stereocenters. The highest BCUT2D eigenvalue weighted by Gasteiger charge is 2.05. The first-order chi connectivity index (χ1) is 6.19. The van der Waals surface area contributed by atoms with Crippen molar-refractivity contribution >= 4 is 45.2 Å². The van der Waals surface area contributed by atoms with Gasteiger partial charge in [0.05, 0.1) is 0 Å². The number of hydrogen-bond acceptors (Lipinski definition) is 0. The molecule has 0 radical (unpaired) electrons. The lowest BCUT2D eigenvalue weighted by atomic mass is 9.96. The molecule has 0 bridgehead atoms. The molecule has 0 saturated heterocycles. The minimum atomic E-state index is 0.646. The van der Waals surface area contributed by atoms with Crippen molar-refractivity contribution in [2.75, 3.05) is 0 Å². The normalized spacial score (nSPS) is 10.8. The van der Waals surface area contributed by atoms with Gasteiger partial charge in [-0.2, -0.15) is 0 Å². The molecular weight excluding hydrogens is 386 g/mol. The van der Waals surface area contributed by atoms with Crippen molar-refractivity contribution in [1.29, 1.82) is 0 Å². The maximum Gasteiger partial charge on any atom is 0.0249 e. The molecule has 0 unspecified atom stereocenters. The molecule has 0 spiro atoms. The van der Waals surface area contributed by atoms with E-state index in [1.165, 1.54) is 16.7 Å². The lowest BCUT2D eigenvalue weighted by Crippen LogP contribution is -1.95. The summed E-state index contributed by atoms with van der Waals surface area (Å²) < 4.78 is 2.23. The first kappa shape index (κ1) is 11.8. The predicted octanol–water partition coefficient (Wildman–Crippen LogP) is 4.68. The van der Waals surface area contributed by atoms with E-state index in [0.717, 1.165) is 8.86 Å². The Hall–Kier alpha value is 0.680. The van der Waals surface area contributed by atoms with Gasteiger partial charge >= 0.3 is 0 Å². The van der Waals surface area contributed by atoms with E-state index in [9.17, 15) is 0 Å². The summed E-state index contributed by atoms with van der Waals surface area (Å²) in [5.41, 5.74) is 4.45. The fourth-order valence-electron chi connectivity index (χ4n) is 1.39. The molecule has 0 N–H and O–H groups in total. The fraction of sp³-hybridized carbons (Fsp3) is 0.455. The number of hydrogen-bond donors (Lipinski definition) is 0. The molecule has 1 rings (SSSR count). The minimum absolute atomic E-state index is 0.646. The Balaban J connectivity index is 3.10. The Morgan fingerprint density at radius 3 is 2.31 bits per heavy atom. The van der Waals surface area contributed by atoms with E-state index in [1.54, 1.807) is 0 Å². The summed E-state index contributed by atoms with van der Waals surface area (Å²) in [5.74, 6) is 0.646. The van der Waals surface area contributed by atoms with Crippen LogP contribution in [0.15, 0.2) is 18.2 Å². The second-order valence-corrected chi connectivity index (χ2v) is 4.98. The molecule has 0 nitrogen and oxygen atoms in total. The van der Waals surface area contributed by atoms with Crippen LogP contribution in [0.2, 0.25) is 0 Å². The van der Waals surface area contributed by atoms with Crippen LogP contribution < -0.4 is 0 Å². The SMILES string of the molecule is CC(C)c1cc(CI)ccc1CI. The molecule has 0 saturated carbocycles. The van der Waals surface area contributed by atoms with Crippen molar-refractivity contribution in [1.82, 2.24) is 0 Å². The van der Waals surface area contributed by atoms with Crippen molar-refractivity contribution in [2.24, 2.45) is 0 Å². The molecule has 0 amide bonds. The van der Waals surface area contributed by atoms with Crippen LogP contribution in [-0.2, 0) is 8.86 Å². The van der Waals surface area contributed by atoms with Gasteiger partial charge in [0.2, 0.25) is 0 Å². The van der Waals surface area contributed by atoms with Crippen molar-refractivity contribution in [3.8, 4) is 0 Å². The van der Waals surface area contributed by atoms with E-state index in [2.05, 4.69) is 77.2 Å². The molecule has 0 aliphatic heterocycles. The Labute approximate surface area is 108 Å². The molecule has 72 valence electrons. The third kappa shape index (κ3) is 3.08. The summed E-state index contributed by atoms with van der Waals surface area (Å²) in [6.07, 6.45) is 0. The van der Waals surface area contributed by atoms with Crippen molar-refractivity contribution in [3.05, 3.63) is 34.9 Å². The highest BCUT2D eigenvalue weighted by molar-refractivity contribution is 14.1. The Morgan fingerprint density at radius 1 is 1.15 bits per heavy atom. The molecule has 0 aromatic heterocycles. The number of benzene rings is 1. The topological polar surface area (TPSA) is 0 Å². The molecule has 2 heteroatoms. The standard InChI is InChI=1S/C11H14I2/c1-8(2)11-5-9(6-12)3-4-10(11)7-13/h3-5,8H,6-7H2,1-2H3. The molecule has 0 fully saturated rings. The predicted molar refractivity (Wildman–Crippen MR) is 76.0 cm³/mol. The van der Waals surface area contributed by atoms with Crippen LogP contribution >= 0.6 is 45.2 Å². The third-order valence-electron chi connectivity index (χ3n) is 2.13. The van der Waals surface area contributed by atoms with Crippen LogP contribution in [0.3, 0.4) is 0 Å². The van der Waals surface area contributed by atoms with E-state index in [4.69, 9.17) is 0 Å². The zero-order valence-corrected chi connectivity index (χ0v) is 12.3. The summed E-state index contributed by atoms with van der Waals surface area (Å²) in [4.78, 5) is 0. The molecule has 1 aromatic rings. The summed E-state index contributed by atoms with van der Waals surface area (Å²) in [5, 5.41) is 0. The monoisotopic (exact) mass is 400 g/mol. The smallest absolute Gasteiger partial charge is 0.0249 e. The van der Waals surface area contributed by atoms with E-state index in [0.29, 0.717) is 5.92 Å². The fourth-order valence-corrected chi connectivity index (χ4v) is 2.56. The van der Waals surface area contributed by atoms with Crippen molar-refractivity contribution < 1.29 is 0 Å². The van der Waals surface area contributed by atoms with Gasteiger partial charge in [-0.25, -0.2) is 0 Å². The van der Waals surface area contributed by atoms with Gasteiger partial charge in [-0.3, -0.25) is 0 Å². The average Bonchev–Trinajstić information content (AvgIpc) is 2.16. The van der Waals surface area contributed by atoms with E-state index >= 15 is 0 Å². The summed E-state index contributed by atoms with van der Waals surface area (Å²) >= 11 is 4.85. The average molecular weight is 400 g/mol. The van der Waals surface area contributed by atoms with Crippen LogP contribution in [0.25, 0.3) is 0 Å². The minimum Gasteiger partial charge on any atom is -0.0812 e. The van der Waals surface area contributed by atoms with E-state index < -0.39 is 0 Å². The first-order valence-corrected chi connectivity index (χ1v) is 7.47. The van der Waals surface area contributed by atoms with Crippen LogP contribution in [0.4, 0.5) is 0 Å². The Morgan fingerprint density at radius 2 is 1.85 bits per heavy atom. The largest absolute Gasteiger partial charge is 0.0812 e. The first-order valence-electron chi connectivity index (χ1n) is 4.42. The van der Waals surface area contributed by atoms with Crippen LogP contribution in [0.1, 0.15) is 36.5 Å². The molecule has 13 heavy (non-hydrogen) atoms. The van der Waals surface area contributed by atoms with Gasteiger partial charge in [-0.05, 0) is 22.6 Å². The number of alkyl halides is 2.